The topological polar surface area (TPSA) is 47.9 Å². The number of thioether (sulfide) groups is 1. The molecular formula is C20H19F3N4OS2. The van der Waals surface area contributed by atoms with Gasteiger partial charge in [0.15, 0.2) is 0 Å². The van der Waals surface area contributed by atoms with E-state index in [1.165, 1.54) is 21.9 Å². The Kier molecular flexibility index (Phi) is 4.93. The number of amides is 1. The van der Waals surface area contributed by atoms with Crippen molar-refractivity contribution >= 4 is 40.4 Å². The standard InChI is InChI=1S/C20H19F3N4OS2/c21-20(22,23)12-1-3-13(4-2-12)26-6-8-27(9-7-26)18(28)17-15-11-30-19-14(5-10-29-19)16(15)24-25-17/h1-5,10,15-16,24H,6-9,11H2. The third-order valence-corrected chi connectivity index (χ3v) is 8.20. The van der Waals surface area contributed by atoms with Gasteiger partial charge in [-0.25, -0.2) is 0 Å². The summed E-state index contributed by atoms with van der Waals surface area (Å²) >= 11 is 3.50. The number of carbonyl (C=O) groups is 1. The highest BCUT2D eigenvalue weighted by Crippen LogP contribution is 2.45. The van der Waals surface area contributed by atoms with Gasteiger partial charge in [0, 0.05) is 49.1 Å². The summed E-state index contributed by atoms with van der Waals surface area (Å²) < 4.78 is 39.6. The molecule has 0 saturated carbocycles. The quantitative estimate of drug-likeness (QED) is 0.752. The molecule has 1 fully saturated rings. The van der Waals surface area contributed by atoms with E-state index in [0.29, 0.717) is 31.9 Å². The Balaban J connectivity index is 1.22. The maximum atomic E-state index is 13.1. The number of hydrogen-bond donors (Lipinski definition) is 1. The summed E-state index contributed by atoms with van der Waals surface area (Å²) in [5.41, 5.74) is 5.05. The zero-order valence-electron chi connectivity index (χ0n) is 15.9. The first-order valence-electron chi connectivity index (χ1n) is 9.66. The van der Waals surface area contributed by atoms with Gasteiger partial charge in [0.1, 0.15) is 5.71 Å². The van der Waals surface area contributed by atoms with Crippen LogP contribution in [0.3, 0.4) is 0 Å². The van der Waals surface area contributed by atoms with Crippen molar-refractivity contribution in [3.05, 3.63) is 46.8 Å². The number of hydrogen-bond acceptors (Lipinski definition) is 6. The van der Waals surface area contributed by atoms with E-state index < -0.39 is 11.7 Å². The molecule has 3 aliphatic heterocycles. The van der Waals surface area contributed by atoms with E-state index in [1.54, 1.807) is 28.0 Å². The van der Waals surface area contributed by atoms with Crippen molar-refractivity contribution in [1.82, 2.24) is 10.3 Å². The zero-order valence-corrected chi connectivity index (χ0v) is 17.5. The molecule has 0 bridgehead atoms. The number of alkyl halides is 3. The lowest BCUT2D eigenvalue weighted by Crippen LogP contribution is -2.51. The highest BCUT2D eigenvalue weighted by molar-refractivity contribution is 8.01. The van der Waals surface area contributed by atoms with Gasteiger partial charge >= 0.3 is 6.18 Å². The average molecular weight is 453 g/mol. The van der Waals surface area contributed by atoms with Crippen molar-refractivity contribution in [3.63, 3.8) is 0 Å². The van der Waals surface area contributed by atoms with E-state index in [2.05, 4.69) is 22.0 Å². The Morgan fingerprint density at radius 1 is 1.10 bits per heavy atom. The number of rotatable bonds is 2. The molecule has 2 unspecified atom stereocenters. The minimum Gasteiger partial charge on any atom is -0.368 e. The molecule has 2 aromatic rings. The van der Waals surface area contributed by atoms with Gasteiger partial charge in [0.2, 0.25) is 0 Å². The largest absolute Gasteiger partial charge is 0.416 e. The molecule has 5 nitrogen and oxygen atoms in total. The van der Waals surface area contributed by atoms with Crippen LogP contribution in [-0.2, 0) is 11.0 Å². The van der Waals surface area contributed by atoms with E-state index in [9.17, 15) is 18.0 Å². The van der Waals surface area contributed by atoms with Crippen LogP contribution in [-0.4, -0.2) is 48.5 Å². The fraction of sp³-hybridized carbons (Fsp3) is 0.400. The Bertz CT molecular complexity index is 981. The summed E-state index contributed by atoms with van der Waals surface area (Å²) in [4.78, 5) is 16.9. The number of anilines is 1. The summed E-state index contributed by atoms with van der Waals surface area (Å²) in [7, 11) is 0. The molecule has 1 aromatic heterocycles. The molecule has 10 heteroatoms. The Morgan fingerprint density at radius 2 is 1.83 bits per heavy atom. The fourth-order valence-electron chi connectivity index (χ4n) is 4.15. The predicted octanol–water partition coefficient (Wildman–Crippen LogP) is 3.84. The molecule has 1 N–H and O–H groups in total. The van der Waals surface area contributed by atoms with Gasteiger partial charge in [0.05, 0.1) is 15.8 Å². The smallest absolute Gasteiger partial charge is 0.368 e. The van der Waals surface area contributed by atoms with Crippen LogP contribution in [0.1, 0.15) is 17.2 Å². The van der Waals surface area contributed by atoms with Gasteiger partial charge in [-0.3, -0.25) is 4.79 Å². The van der Waals surface area contributed by atoms with Crippen LogP contribution in [0.15, 0.2) is 45.0 Å². The zero-order chi connectivity index (χ0) is 20.9. The van der Waals surface area contributed by atoms with Crippen LogP contribution < -0.4 is 10.3 Å². The molecule has 1 aromatic carbocycles. The average Bonchev–Trinajstić information content (AvgIpc) is 3.39. The van der Waals surface area contributed by atoms with Crippen molar-refractivity contribution in [2.75, 3.05) is 36.8 Å². The number of thiophene rings is 1. The molecule has 0 aliphatic carbocycles. The lowest BCUT2D eigenvalue weighted by molar-refractivity contribution is -0.137. The first kappa shape index (κ1) is 19.7. The second-order valence-corrected chi connectivity index (χ2v) is 9.71. The van der Waals surface area contributed by atoms with Crippen LogP contribution in [0.25, 0.3) is 0 Å². The minimum absolute atomic E-state index is 0.0404. The number of benzene rings is 1. The monoisotopic (exact) mass is 452 g/mol. The fourth-order valence-corrected chi connectivity index (χ4v) is 6.50. The van der Waals surface area contributed by atoms with Crippen LogP contribution in [0.4, 0.5) is 18.9 Å². The number of nitrogens with zero attached hydrogens (tertiary/aromatic N) is 3. The van der Waals surface area contributed by atoms with E-state index in [4.69, 9.17) is 0 Å². The number of halogens is 3. The summed E-state index contributed by atoms with van der Waals surface area (Å²) in [6.07, 6.45) is -4.33. The highest BCUT2D eigenvalue weighted by atomic mass is 32.2. The second kappa shape index (κ2) is 7.49. The normalized spacial score (nSPS) is 23.5. The van der Waals surface area contributed by atoms with Gasteiger partial charge in [-0.1, -0.05) is 0 Å². The molecule has 1 amide bonds. The number of carbonyl (C=O) groups excluding carboxylic acids is 1. The molecule has 1 saturated heterocycles. The lowest BCUT2D eigenvalue weighted by atomic mass is 9.92. The molecule has 2 atom stereocenters. The summed E-state index contributed by atoms with van der Waals surface area (Å²) in [6.45, 7) is 2.20. The Hall–Kier alpha value is -2.20. The van der Waals surface area contributed by atoms with Gasteiger partial charge in [-0.05, 0) is 35.7 Å². The number of piperazine rings is 1. The molecule has 4 heterocycles. The second-order valence-electron chi connectivity index (χ2n) is 7.51. The Labute approximate surface area is 179 Å². The van der Waals surface area contributed by atoms with Crippen LogP contribution >= 0.6 is 23.1 Å². The SMILES string of the molecule is O=C(C1=NNC2c3ccsc3SCC12)N1CCN(c2ccc(C(F)(F)F)cc2)CC1. The van der Waals surface area contributed by atoms with Crippen LogP contribution in [0.2, 0.25) is 0 Å². The third kappa shape index (κ3) is 3.45. The van der Waals surface area contributed by atoms with Crippen LogP contribution in [0.5, 0.6) is 0 Å². The van der Waals surface area contributed by atoms with E-state index in [1.807, 2.05) is 4.90 Å². The van der Waals surface area contributed by atoms with Gasteiger partial charge in [-0.15, -0.1) is 23.1 Å². The van der Waals surface area contributed by atoms with Crippen molar-refractivity contribution < 1.29 is 18.0 Å². The van der Waals surface area contributed by atoms with E-state index in [-0.39, 0.29) is 17.9 Å². The minimum atomic E-state index is -4.33. The summed E-state index contributed by atoms with van der Waals surface area (Å²) in [6, 6.07) is 7.36. The van der Waals surface area contributed by atoms with Crippen molar-refractivity contribution in [1.29, 1.82) is 0 Å². The molecular weight excluding hydrogens is 433 g/mol. The van der Waals surface area contributed by atoms with Crippen molar-refractivity contribution in [3.8, 4) is 0 Å². The molecule has 0 radical (unpaired) electrons. The maximum Gasteiger partial charge on any atom is 0.416 e. The van der Waals surface area contributed by atoms with E-state index >= 15 is 0 Å². The molecule has 158 valence electrons. The van der Waals surface area contributed by atoms with Gasteiger partial charge in [0.25, 0.3) is 5.91 Å². The molecule has 5 rings (SSSR count). The Morgan fingerprint density at radius 3 is 2.53 bits per heavy atom. The molecule has 0 spiro atoms. The van der Waals surface area contributed by atoms with Crippen molar-refractivity contribution in [2.45, 2.75) is 16.4 Å². The van der Waals surface area contributed by atoms with Crippen molar-refractivity contribution in [2.24, 2.45) is 11.0 Å². The van der Waals surface area contributed by atoms with Gasteiger partial charge in [-0.2, -0.15) is 18.3 Å². The molecule has 30 heavy (non-hydrogen) atoms. The summed E-state index contributed by atoms with van der Waals surface area (Å²) in [5.74, 6) is 0.861. The van der Waals surface area contributed by atoms with Gasteiger partial charge < -0.3 is 15.2 Å². The highest BCUT2D eigenvalue weighted by Gasteiger charge is 2.42. The number of hydrazone groups is 1. The lowest BCUT2D eigenvalue weighted by Gasteiger charge is -2.36. The first-order chi connectivity index (χ1) is 14.4. The van der Waals surface area contributed by atoms with Crippen LogP contribution in [0, 0.1) is 5.92 Å². The third-order valence-electron chi connectivity index (χ3n) is 5.81. The first-order valence-corrected chi connectivity index (χ1v) is 11.5. The van der Waals surface area contributed by atoms with E-state index in [0.717, 1.165) is 23.6 Å². The summed E-state index contributed by atoms with van der Waals surface area (Å²) in [5, 5.41) is 6.46. The number of fused-ring (bicyclic) bond motifs is 3. The molecule has 3 aliphatic rings. The number of nitrogens with one attached hydrogen (secondary N) is 1. The predicted molar refractivity (Wildman–Crippen MR) is 112 cm³/mol. The maximum absolute atomic E-state index is 13.1.